The van der Waals surface area contributed by atoms with Crippen molar-refractivity contribution >= 4 is 26.5 Å². The second-order valence-electron chi connectivity index (χ2n) is 7.25. The van der Waals surface area contributed by atoms with Crippen molar-refractivity contribution in [2.75, 3.05) is 6.61 Å². The summed E-state index contributed by atoms with van der Waals surface area (Å²) >= 11 is 6.05. The minimum absolute atomic E-state index is 0.315. The van der Waals surface area contributed by atoms with Crippen molar-refractivity contribution in [2.24, 2.45) is 0 Å². The third-order valence-corrected chi connectivity index (χ3v) is 7.91. The fraction of sp³-hybridized carbons (Fsp3) is 0.579. The van der Waals surface area contributed by atoms with Gasteiger partial charge in [0.05, 0.1) is 14.9 Å². The van der Waals surface area contributed by atoms with Crippen molar-refractivity contribution in [3.63, 3.8) is 0 Å². The maximum absolute atomic E-state index is 6.20. The molecule has 1 aliphatic carbocycles. The Morgan fingerprint density at radius 1 is 1.27 bits per heavy atom. The molecule has 1 saturated carbocycles. The van der Waals surface area contributed by atoms with Crippen LogP contribution in [0.1, 0.15) is 45.1 Å². The zero-order valence-corrected chi connectivity index (χ0v) is 16.0. The number of allylic oxidation sites excluding steroid dienone is 1. The van der Waals surface area contributed by atoms with Crippen molar-refractivity contribution in [2.45, 2.75) is 63.8 Å². The SMILES string of the molecule is C[Si](C)C(C)(C)COC1CCC(=Cc2cccc(Cl)c2)CC1. The molecule has 121 valence electrons. The number of hydrogen-bond donors (Lipinski definition) is 0. The maximum atomic E-state index is 6.20. The molecule has 0 aliphatic heterocycles. The van der Waals surface area contributed by atoms with Crippen LogP contribution in [-0.4, -0.2) is 21.5 Å². The molecule has 0 atom stereocenters. The van der Waals surface area contributed by atoms with E-state index in [1.807, 2.05) is 18.2 Å². The summed E-state index contributed by atoms with van der Waals surface area (Å²) in [4.78, 5) is 0. The summed E-state index contributed by atoms with van der Waals surface area (Å²) in [6, 6.07) is 8.09. The van der Waals surface area contributed by atoms with Crippen LogP contribution >= 0.6 is 11.6 Å². The number of rotatable bonds is 5. The van der Waals surface area contributed by atoms with Crippen LogP contribution in [0.4, 0.5) is 0 Å². The van der Waals surface area contributed by atoms with Gasteiger partial charge < -0.3 is 4.74 Å². The zero-order valence-electron chi connectivity index (χ0n) is 14.3. The van der Waals surface area contributed by atoms with Crippen LogP contribution in [-0.2, 0) is 4.74 Å². The topological polar surface area (TPSA) is 9.23 Å². The summed E-state index contributed by atoms with van der Waals surface area (Å²) in [6.45, 7) is 10.3. The quantitative estimate of drug-likeness (QED) is 0.580. The summed E-state index contributed by atoms with van der Waals surface area (Å²) in [6.07, 6.45) is 7.33. The van der Waals surface area contributed by atoms with E-state index in [1.54, 1.807) is 0 Å². The largest absolute Gasteiger partial charge is 0.378 e. The number of benzene rings is 1. The van der Waals surface area contributed by atoms with Crippen molar-refractivity contribution in [3.8, 4) is 0 Å². The van der Waals surface area contributed by atoms with Gasteiger partial charge in [0.2, 0.25) is 0 Å². The lowest BCUT2D eigenvalue weighted by Gasteiger charge is -2.32. The first-order valence-electron chi connectivity index (χ1n) is 8.24. The second-order valence-corrected chi connectivity index (χ2v) is 11.0. The van der Waals surface area contributed by atoms with Gasteiger partial charge in [-0.05, 0) is 48.4 Å². The minimum atomic E-state index is -0.315. The van der Waals surface area contributed by atoms with Crippen LogP contribution in [0, 0.1) is 0 Å². The first-order valence-corrected chi connectivity index (χ1v) is 11.1. The van der Waals surface area contributed by atoms with Crippen molar-refractivity contribution in [1.82, 2.24) is 0 Å². The molecular weight excluding hydrogens is 308 g/mol. The molecule has 1 radical (unpaired) electrons. The smallest absolute Gasteiger partial charge is 0.0581 e. The van der Waals surface area contributed by atoms with Crippen LogP contribution < -0.4 is 0 Å². The highest BCUT2D eigenvalue weighted by Crippen LogP contribution is 2.32. The molecule has 1 nitrogen and oxygen atoms in total. The molecule has 3 heteroatoms. The van der Waals surface area contributed by atoms with Gasteiger partial charge in [-0.2, -0.15) is 0 Å². The Bertz CT molecular complexity index is 512. The lowest BCUT2D eigenvalue weighted by molar-refractivity contribution is 0.0227. The highest BCUT2D eigenvalue weighted by molar-refractivity contribution is 6.59. The van der Waals surface area contributed by atoms with E-state index in [-0.39, 0.29) is 8.80 Å². The van der Waals surface area contributed by atoms with Gasteiger partial charge in [-0.1, -0.05) is 62.3 Å². The van der Waals surface area contributed by atoms with Crippen molar-refractivity contribution in [1.29, 1.82) is 0 Å². The van der Waals surface area contributed by atoms with Gasteiger partial charge in [-0.25, -0.2) is 0 Å². The second kappa shape index (κ2) is 7.81. The van der Waals surface area contributed by atoms with Gasteiger partial charge in [0, 0.05) is 11.6 Å². The standard InChI is InChI=1S/C19H28ClOSi/c1-19(2,22(3)4)14-21-18-10-8-15(9-11-18)12-16-6-5-7-17(20)13-16/h5-7,12-13,18H,8-11,14H2,1-4H3. The summed E-state index contributed by atoms with van der Waals surface area (Å²) in [5, 5.41) is 1.17. The van der Waals surface area contributed by atoms with Gasteiger partial charge in [-0.3, -0.25) is 0 Å². The average Bonchev–Trinajstić information content (AvgIpc) is 2.46. The molecule has 2 rings (SSSR count). The molecule has 0 bridgehead atoms. The predicted molar refractivity (Wildman–Crippen MR) is 99.2 cm³/mol. The molecular formula is C19H28ClOSi. The van der Waals surface area contributed by atoms with E-state index in [1.165, 1.54) is 11.1 Å². The third-order valence-electron chi connectivity index (χ3n) is 4.83. The van der Waals surface area contributed by atoms with Crippen LogP contribution in [0.15, 0.2) is 29.8 Å². The highest BCUT2D eigenvalue weighted by Gasteiger charge is 2.26. The first kappa shape index (κ1) is 17.8. The van der Waals surface area contributed by atoms with Gasteiger partial charge >= 0.3 is 0 Å². The van der Waals surface area contributed by atoms with E-state index in [2.05, 4.69) is 39.1 Å². The first-order chi connectivity index (χ1) is 10.4. The molecule has 1 aliphatic rings. The van der Waals surface area contributed by atoms with Crippen LogP contribution in [0.5, 0.6) is 0 Å². The van der Waals surface area contributed by atoms with E-state index < -0.39 is 0 Å². The Balaban J connectivity index is 1.83. The molecule has 0 unspecified atom stereocenters. The average molecular weight is 336 g/mol. The van der Waals surface area contributed by atoms with E-state index >= 15 is 0 Å². The monoisotopic (exact) mass is 335 g/mol. The Morgan fingerprint density at radius 3 is 2.55 bits per heavy atom. The molecule has 1 aromatic rings. The lowest BCUT2D eigenvalue weighted by atomic mass is 9.91. The molecule has 0 amide bonds. The Kier molecular flexibility index (Phi) is 6.31. The summed E-state index contributed by atoms with van der Waals surface area (Å²) in [7, 11) is -0.315. The van der Waals surface area contributed by atoms with Gasteiger partial charge in [0.15, 0.2) is 0 Å². The number of halogens is 1. The molecule has 1 aromatic carbocycles. The number of ether oxygens (including phenoxy) is 1. The van der Waals surface area contributed by atoms with Gasteiger partial charge in [0.1, 0.15) is 0 Å². The van der Waals surface area contributed by atoms with Gasteiger partial charge in [-0.15, -0.1) is 0 Å². The summed E-state index contributed by atoms with van der Waals surface area (Å²) in [5.41, 5.74) is 2.74. The summed E-state index contributed by atoms with van der Waals surface area (Å²) < 4.78 is 6.20. The third kappa shape index (κ3) is 5.26. The normalized spacial score (nSPS) is 19.5. The Hall–Kier alpha value is -0.573. The molecule has 0 aromatic heterocycles. The van der Waals surface area contributed by atoms with Crippen LogP contribution in [0.2, 0.25) is 23.2 Å². The molecule has 1 fully saturated rings. The molecule has 0 saturated heterocycles. The van der Waals surface area contributed by atoms with Crippen LogP contribution in [0.25, 0.3) is 6.08 Å². The molecule has 0 heterocycles. The van der Waals surface area contributed by atoms with E-state index in [0.717, 1.165) is 37.3 Å². The van der Waals surface area contributed by atoms with Crippen LogP contribution in [0.3, 0.4) is 0 Å². The van der Waals surface area contributed by atoms with Gasteiger partial charge in [0.25, 0.3) is 0 Å². The predicted octanol–water partition coefficient (Wildman–Crippen LogP) is 6.22. The zero-order chi connectivity index (χ0) is 16.2. The van der Waals surface area contributed by atoms with Crippen molar-refractivity contribution < 1.29 is 4.74 Å². The minimum Gasteiger partial charge on any atom is -0.378 e. The fourth-order valence-corrected chi connectivity index (χ4v) is 3.15. The fourth-order valence-electron chi connectivity index (χ4n) is 2.58. The van der Waals surface area contributed by atoms with E-state index in [9.17, 15) is 0 Å². The van der Waals surface area contributed by atoms with E-state index in [0.29, 0.717) is 11.1 Å². The van der Waals surface area contributed by atoms with E-state index in [4.69, 9.17) is 16.3 Å². The number of hydrogen-bond acceptors (Lipinski definition) is 1. The molecule has 0 N–H and O–H groups in total. The Labute approximate surface area is 142 Å². The highest BCUT2D eigenvalue weighted by atomic mass is 35.5. The Morgan fingerprint density at radius 2 is 1.95 bits per heavy atom. The molecule has 22 heavy (non-hydrogen) atoms. The summed E-state index contributed by atoms with van der Waals surface area (Å²) in [5.74, 6) is 0. The lowest BCUT2D eigenvalue weighted by Crippen LogP contribution is -2.29. The van der Waals surface area contributed by atoms with Crippen molar-refractivity contribution in [3.05, 3.63) is 40.4 Å². The maximum Gasteiger partial charge on any atom is 0.0581 e. The molecule has 0 spiro atoms.